The number of carbonyl (C=O) groups is 1. The maximum absolute atomic E-state index is 12.4. The Hall–Kier alpha value is -3.14. The molecule has 0 saturated carbocycles. The summed E-state index contributed by atoms with van der Waals surface area (Å²) in [4.78, 5) is 31.6. The molecule has 1 fully saturated rings. The van der Waals surface area contributed by atoms with Crippen molar-refractivity contribution in [3.8, 4) is 11.1 Å². The number of aromatic nitrogens is 3. The maximum atomic E-state index is 12.4. The quantitative estimate of drug-likeness (QED) is 0.593. The summed E-state index contributed by atoms with van der Waals surface area (Å²) in [6.07, 6.45) is 2.65. The summed E-state index contributed by atoms with van der Waals surface area (Å²) >= 11 is 0. The van der Waals surface area contributed by atoms with Crippen molar-refractivity contribution in [1.29, 1.82) is 0 Å². The summed E-state index contributed by atoms with van der Waals surface area (Å²) in [5.41, 5.74) is 14.2. The minimum Gasteiger partial charge on any atom is -0.384 e. The van der Waals surface area contributed by atoms with Gasteiger partial charge in [-0.1, -0.05) is 0 Å². The predicted octanol–water partition coefficient (Wildman–Crippen LogP) is 0.795. The number of rotatable bonds is 6. The second kappa shape index (κ2) is 9.57. The van der Waals surface area contributed by atoms with E-state index in [9.17, 15) is 4.79 Å². The molecule has 162 valence electrons. The lowest BCUT2D eigenvalue weighted by Gasteiger charge is -2.36. The van der Waals surface area contributed by atoms with Crippen LogP contribution >= 0.6 is 0 Å². The normalized spacial score (nSPS) is 14.3. The van der Waals surface area contributed by atoms with Crippen LogP contribution in [0.4, 0.5) is 22.4 Å². The van der Waals surface area contributed by atoms with E-state index >= 15 is 0 Å². The monoisotopic (exact) mass is 413 g/mol. The van der Waals surface area contributed by atoms with E-state index in [1.807, 2.05) is 32.0 Å². The number of nitrogens with zero attached hydrogens (tertiary/aromatic N) is 6. The van der Waals surface area contributed by atoms with Gasteiger partial charge >= 0.3 is 6.03 Å². The molecule has 1 aliphatic rings. The molecule has 0 aromatic carbocycles. The average Bonchev–Trinajstić information content (AvgIpc) is 2.71. The summed E-state index contributed by atoms with van der Waals surface area (Å²) in [5, 5.41) is 3.00. The number of aryl methyl sites for hydroxylation is 1. The molecule has 10 nitrogen and oxygen atoms in total. The number of anilines is 3. The topological polar surface area (TPSA) is 130 Å². The van der Waals surface area contributed by atoms with Gasteiger partial charge in [0.15, 0.2) is 0 Å². The highest BCUT2D eigenvalue weighted by atomic mass is 16.2. The molecule has 10 heteroatoms. The first-order chi connectivity index (χ1) is 14.3. The van der Waals surface area contributed by atoms with E-state index in [-0.39, 0.29) is 12.0 Å². The van der Waals surface area contributed by atoms with E-state index in [0.29, 0.717) is 38.5 Å². The Bertz CT molecular complexity index is 861. The number of piperazine rings is 1. The Kier molecular flexibility index (Phi) is 6.88. The van der Waals surface area contributed by atoms with E-state index in [4.69, 9.17) is 11.5 Å². The van der Waals surface area contributed by atoms with Crippen LogP contribution in [0, 0.1) is 6.92 Å². The van der Waals surface area contributed by atoms with Crippen molar-refractivity contribution in [3.63, 3.8) is 0 Å². The Labute approximate surface area is 177 Å². The maximum Gasteiger partial charge on any atom is 0.317 e. The molecule has 30 heavy (non-hydrogen) atoms. The van der Waals surface area contributed by atoms with Crippen molar-refractivity contribution in [3.05, 3.63) is 24.0 Å². The second-order valence-corrected chi connectivity index (χ2v) is 7.70. The van der Waals surface area contributed by atoms with Crippen LogP contribution in [0.5, 0.6) is 0 Å². The summed E-state index contributed by atoms with van der Waals surface area (Å²) in [5.74, 6) is 1.45. The molecule has 0 spiro atoms. The molecule has 0 unspecified atom stereocenters. The van der Waals surface area contributed by atoms with Crippen LogP contribution in [0.25, 0.3) is 11.1 Å². The molecule has 2 aromatic heterocycles. The third kappa shape index (κ3) is 5.26. The van der Waals surface area contributed by atoms with Crippen molar-refractivity contribution in [2.24, 2.45) is 0 Å². The van der Waals surface area contributed by atoms with Crippen LogP contribution < -0.4 is 21.7 Å². The van der Waals surface area contributed by atoms with Crippen LogP contribution in [0.1, 0.15) is 12.1 Å². The fourth-order valence-corrected chi connectivity index (χ4v) is 3.52. The number of hydrogen-bond donors (Lipinski definition) is 3. The molecule has 5 N–H and O–H groups in total. The van der Waals surface area contributed by atoms with Gasteiger partial charge in [-0.05, 0) is 46.1 Å². The zero-order valence-electron chi connectivity index (χ0n) is 17.9. The number of carbonyl (C=O) groups excluding carboxylic acids is 1. The lowest BCUT2D eigenvalue weighted by atomic mass is 10.1. The molecule has 3 heterocycles. The van der Waals surface area contributed by atoms with Crippen LogP contribution in [0.2, 0.25) is 0 Å². The molecule has 0 radical (unpaired) electrons. The van der Waals surface area contributed by atoms with E-state index in [0.717, 1.165) is 35.6 Å². The molecule has 0 bridgehead atoms. The minimum atomic E-state index is -0.0188. The fraction of sp³-hybridized carbons (Fsp3) is 0.500. The largest absolute Gasteiger partial charge is 0.384 e. The third-order valence-corrected chi connectivity index (χ3v) is 5.09. The third-order valence-electron chi connectivity index (χ3n) is 5.09. The van der Waals surface area contributed by atoms with Crippen LogP contribution in [0.15, 0.2) is 18.3 Å². The number of nitrogens with one attached hydrogen (secondary N) is 1. The average molecular weight is 414 g/mol. The highest BCUT2D eigenvalue weighted by molar-refractivity contribution is 5.79. The smallest absolute Gasteiger partial charge is 0.317 e. The SMILES string of the molecule is Cc1nc(N)nc(N2CCN(C(=O)NCCCN(C)C)CC2)c1-c1ccc(N)nc1. The number of hydrogen-bond acceptors (Lipinski definition) is 8. The van der Waals surface area contributed by atoms with Crippen molar-refractivity contribution in [1.82, 2.24) is 30.1 Å². The van der Waals surface area contributed by atoms with Crippen LogP contribution in [0.3, 0.4) is 0 Å². The fourth-order valence-electron chi connectivity index (χ4n) is 3.52. The Morgan fingerprint density at radius 1 is 1.17 bits per heavy atom. The Morgan fingerprint density at radius 2 is 1.90 bits per heavy atom. The van der Waals surface area contributed by atoms with Gasteiger partial charge in [0.25, 0.3) is 0 Å². The molecule has 1 aliphatic heterocycles. The van der Waals surface area contributed by atoms with Crippen LogP contribution in [-0.2, 0) is 0 Å². The lowest BCUT2D eigenvalue weighted by molar-refractivity contribution is 0.193. The first-order valence-corrected chi connectivity index (χ1v) is 10.1. The lowest BCUT2D eigenvalue weighted by Crippen LogP contribution is -2.52. The molecule has 0 aliphatic carbocycles. The first kappa shape index (κ1) is 21.6. The van der Waals surface area contributed by atoms with Gasteiger partial charge in [-0.15, -0.1) is 0 Å². The van der Waals surface area contributed by atoms with Gasteiger partial charge in [0.1, 0.15) is 11.6 Å². The number of nitrogen functional groups attached to an aromatic ring is 2. The summed E-state index contributed by atoms with van der Waals surface area (Å²) in [7, 11) is 4.05. The zero-order valence-corrected chi connectivity index (χ0v) is 17.9. The van der Waals surface area contributed by atoms with Gasteiger partial charge in [-0.25, -0.2) is 14.8 Å². The second-order valence-electron chi connectivity index (χ2n) is 7.70. The Morgan fingerprint density at radius 3 is 2.53 bits per heavy atom. The van der Waals surface area contributed by atoms with Gasteiger partial charge in [-0.3, -0.25) is 0 Å². The molecule has 2 amide bonds. The van der Waals surface area contributed by atoms with Gasteiger partial charge in [0, 0.05) is 50.0 Å². The molecule has 1 saturated heterocycles. The Balaban J connectivity index is 1.68. The van der Waals surface area contributed by atoms with Crippen molar-refractivity contribution in [2.75, 3.05) is 69.7 Å². The van der Waals surface area contributed by atoms with Gasteiger partial charge in [0.05, 0.1) is 5.69 Å². The van der Waals surface area contributed by atoms with Crippen molar-refractivity contribution >= 4 is 23.6 Å². The van der Waals surface area contributed by atoms with E-state index in [1.165, 1.54) is 0 Å². The van der Waals surface area contributed by atoms with E-state index < -0.39 is 0 Å². The number of urea groups is 1. The highest BCUT2D eigenvalue weighted by Crippen LogP contribution is 2.32. The van der Waals surface area contributed by atoms with Crippen molar-refractivity contribution in [2.45, 2.75) is 13.3 Å². The molecular weight excluding hydrogens is 382 g/mol. The number of amides is 2. The van der Waals surface area contributed by atoms with Gasteiger partial charge in [0.2, 0.25) is 5.95 Å². The summed E-state index contributed by atoms with van der Waals surface area (Å²) in [6, 6.07) is 3.65. The summed E-state index contributed by atoms with van der Waals surface area (Å²) < 4.78 is 0. The predicted molar refractivity (Wildman–Crippen MR) is 119 cm³/mol. The standard InChI is InChI=1S/C20H31N9O/c1-14-17(15-5-6-16(21)24-13-15)18(26-19(22)25-14)28-9-11-29(12-10-28)20(30)23-7-4-8-27(2)3/h5-6,13H,4,7-12H2,1-3H3,(H2,21,24)(H,23,30)(H2,22,25,26). The number of nitrogens with two attached hydrogens (primary N) is 2. The highest BCUT2D eigenvalue weighted by Gasteiger charge is 2.25. The van der Waals surface area contributed by atoms with E-state index in [1.54, 1.807) is 12.3 Å². The molecule has 3 rings (SSSR count). The first-order valence-electron chi connectivity index (χ1n) is 10.1. The number of pyridine rings is 1. The van der Waals surface area contributed by atoms with E-state index in [2.05, 4.69) is 30.1 Å². The van der Waals surface area contributed by atoms with Gasteiger partial charge < -0.3 is 31.5 Å². The molecular formula is C20H31N9O. The van der Waals surface area contributed by atoms with Crippen LogP contribution in [-0.4, -0.2) is 84.1 Å². The summed E-state index contributed by atoms with van der Waals surface area (Å²) in [6.45, 7) is 6.08. The van der Waals surface area contributed by atoms with Crippen molar-refractivity contribution < 1.29 is 4.79 Å². The van der Waals surface area contributed by atoms with Gasteiger partial charge in [-0.2, -0.15) is 4.98 Å². The zero-order chi connectivity index (χ0) is 21.7. The minimum absolute atomic E-state index is 0.0188. The molecule has 2 aromatic rings. The molecule has 0 atom stereocenters.